The van der Waals surface area contributed by atoms with Crippen LogP contribution in [0.15, 0.2) is 24.3 Å². The number of nitro groups is 1. The normalized spacial score (nSPS) is 10.6. The largest absolute Gasteiger partial charge is 0.341 e. The number of nitro benzene ring substituents is 1. The summed E-state index contributed by atoms with van der Waals surface area (Å²) in [5.74, 6) is -0.0456. The fraction of sp³-hybridized carbons (Fsp3) is 0.375. The number of aromatic nitrogens is 2. The molecule has 1 heterocycles. The highest BCUT2D eigenvalue weighted by atomic mass is 16.6. The number of hydrogen-bond acceptors (Lipinski definition) is 4. The number of carbonyl (C=O) groups excluding carboxylic acids is 1. The second-order valence-electron chi connectivity index (χ2n) is 5.63. The Kier molecular flexibility index (Phi) is 4.78. The zero-order valence-electron chi connectivity index (χ0n) is 13.7. The minimum absolute atomic E-state index is 0.0299. The minimum Gasteiger partial charge on any atom is -0.341 e. The average molecular weight is 316 g/mol. The van der Waals surface area contributed by atoms with Crippen molar-refractivity contribution in [3.63, 3.8) is 0 Å². The quantitative estimate of drug-likeness (QED) is 0.625. The molecule has 23 heavy (non-hydrogen) atoms. The van der Waals surface area contributed by atoms with Crippen LogP contribution in [0.3, 0.4) is 0 Å². The van der Waals surface area contributed by atoms with E-state index in [1.165, 1.54) is 12.1 Å². The molecule has 0 aliphatic carbocycles. The van der Waals surface area contributed by atoms with Crippen molar-refractivity contribution in [3.05, 3.63) is 56.9 Å². The van der Waals surface area contributed by atoms with Crippen LogP contribution in [0.2, 0.25) is 0 Å². The molecule has 0 aliphatic rings. The van der Waals surface area contributed by atoms with E-state index < -0.39 is 4.92 Å². The molecule has 7 nitrogen and oxygen atoms in total. The second-order valence-corrected chi connectivity index (χ2v) is 5.63. The van der Waals surface area contributed by atoms with Crippen molar-refractivity contribution in [2.45, 2.75) is 26.8 Å². The Morgan fingerprint density at radius 2 is 2.09 bits per heavy atom. The van der Waals surface area contributed by atoms with Crippen molar-refractivity contribution >= 4 is 11.6 Å². The molecule has 7 heteroatoms. The molecule has 0 saturated heterocycles. The number of rotatable bonds is 5. The number of carbonyl (C=O) groups is 1. The van der Waals surface area contributed by atoms with Crippen molar-refractivity contribution in [2.75, 3.05) is 7.05 Å². The SMILES string of the molecule is Cc1nn(C)c(C)c1CC(=O)N(C)Cc1cccc([N+](=O)[O-])c1. The van der Waals surface area contributed by atoms with Gasteiger partial charge < -0.3 is 4.90 Å². The smallest absolute Gasteiger partial charge is 0.269 e. The lowest BCUT2D eigenvalue weighted by Crippen LogP contribution is -2.28. The Balaban J connectivity index is 2.08. The molecule has 0 aliphatic heterocycles. The molecule has 0 saturated carbocycles. The first-order valence-electron chi connectivity index (χ1n) is 7.26. The van der Waals surface area contributed by atoms with Crippen LogP contribution in [0, 0.1) is 24.0 Å². The third-order valence-electron chi connectivity index (χ3n) is 3.95. The van der Waals surface area contributed by atoms with Gasteiger partial charge in [0, 0.05) is 44.0 Å². The lowest BCUT2D eigenvalue weighted by molar-refractivity contribution is -0.384. The lowest BCUT2D eigenvalue weighted by Gasteiger charge is -2.17. The number of aryl methyl sites for hydroxylation is 2. The maximum Gasteiger partial charge on any atom is 0.269 e. The van der Waals surface area contributed by atoms with Crippen molar-refractivity contribution < 1.29 is 9.72 Å². The molecule has 2 rings (SSSR count). The second kappa shape index (κ2) is 6.60. The lowest BCUT2D eigenvalue weighted by atomic mass is 10.1. The van der Waals surface area contributed by atoms with E-state index in [4.69, 9.17) is 0 Å². The Bertz CT molecular complexity index is 752. The van der Waals surface area contributed by atoms with Crippen molar-refractivity contribution in [1.82, 2.24) is 14.7 Å². The molecule has 0 radical (unpaired) electrons. The first-order valence-corrected chi connectivity index (χ1v) is 7.26. The fourth-order valence-electron chi connectivity index (χ4n) is 2.49. The predicted molar refractivity (Wildman–Crippen MR) is 86.0 cm³/mol. The molecule has 1 aromatic heterocycles. The van der Waals surface area contributed by atoms with Gasteiger partial charge in [-0.3, -0.25) is 19.6 Å². The van der Waals surface area contributed by atoms with Crippen LogP contribution in [0.5, 0.6) is 0 Å². The molecular weight excluding hydrogens is 296 g/mol. The van der Waals surface area contributed by atoms with E-state index in [2.05, 4.69) is 5.10 Å². The molecule has 0 fully saturated rings. The van der Waals surface area contributed by atoms with Gasteiger partial charge in [0.25, 0.3) is 5.69 Å². The molecular formula is C16H20N4O3. The fourth-order valence-corrected chi connectivity index (χ4v) is 2.49. The van der Waals surface area contributed by atoms with Crippen LogP contribution in [-0.4, -0.2) is 32.6 Å². The van der Waals surface area contributed by atoms with Crippen LogP contribution >= 0.6 is 0 Å². The molecule has 1 aromatic carbocycles. The first kappa shape index (κ1) is 16.7. The number of benzene rings is 1. The van der Waals surface area contributed by atoms with Gasteiger partial charge in [-0.05, 0) is 19.4 Å². The van der Waals surface area contributed by atoms with E-state index in [9.17, 15) is 14.9 Å². The van der Waals surface area contributed by atoms with E-state index in [-0.39, 0.29) is 18.0 Å². The molecule has 0 atom stereocenters. The highest BCUT2D eigenvalue weighted by Gasteiger charge is 2.17. The zero-order chi connectivity index (χ0) is 17.1. The average Bonchev–Trinajstić information content (AvgIpc) is 2.73. The van der Waals surface area contributed by atoms with Gasteiger partial charge in [-0.25, -0.2) is 0 Å². The summed E-state index contributed by atoms with van der Waals surface area (Å²) in [4.78, 5) is 24.3. The molecule has 0 unspecified atom stereocenters. The summed E-state index contributed by atoms with van der Waals surface area (Å²) >= 11 is 0. The van der Waals surface area contributed by atoms with Crippen molar-refractivity contribution in [3.8, 4) is 0 Å². The summed E-state index contributed by atoms with van der Waals surface area (Å²) in [7, 11) is 3.55. The number of non-ortho nitro benzene ring substituents is 1. The van der Waals surface area contributed by atoms with Gasteiger partial charge >= 0.3 is 0 Å². The van der Waals surface area contributed by atoms with E-state index in [0.717, 1.165) is 22.5 Å². The van der Waals surface area contributed by atoms with Crippen LogP contribution in [-0.2, 0) is 24.8 Å². The summed E-state index contributed by atoms with van der Waals surface area (Å²) < 4.78 is 1.76. The number of amides is 1. The standard InChI is InChI=1S/C16H20N4O3/c1-11-15(12(2)19(4)17-11)9-16(21)18(3)10-13-6-5-7-14(8-13)20(22)23/h5-8H,9-10H2,1-4H3. The summed E-state index contributed by atoms with van der Waals surface area (Å²) in [6, 6.07) is 6.33. The Morgan fingerprint density at radius 3 is 2.65 bits per heavy atom. The number of likely N-dealkylation sites (N-methyl/N-ethyl adjacent to an activating group) is 1. The molecule has 0 N–H and O–H groups in total. The first-order chi connectivity index (χ1) is 10.8. The summed E-state index contributed by atoms with van der Waals surface area (Å²) in [5.41, 5.74) is 3.52. The molecule has 2 aromatic rings. The van der Waals surface area contributed by atoms with Crippen molar-refractivity contribution in [1.29, 1.82) is 0 Å². The highest BCUT2D eigenvalue weighted by Crippen LogP contribution is 2.16. The van der Waals surface area contributed by atoms with Crippen molar-refractivity contribution in [2.24, 2.45) is 7.05 Å². The van der Waals surface area contributed by atoms with Gasteiger partial charge in [0.1, 0.15) is 0 Å². The molecule has 0 spiro atoms. The van der Waals surface area contributed by atoms with E-state index >= 15 is 0 Å². The van der Waals surface area contributed by atoms with Gasteiger partial charge in [0.05, 0.1) is 17.0 Å². The van der Waals surface area contributed by atoms with Gasteiger partial charge in [-0.1, -0.05) is 12.1 Å². The van der Waals surface area contributed by atoms with Crippen LogP contribution in [0.1, 0.15) is 22.5 Å². The maximum atomic E-state index is 12.4. The van der Waals surface area contributed by atoms with E-state index in [0.29, 0.717) is 6.54 Å². The van der Waals surface area contributed by atoms with Crippen LogP contribution in [0.25, 0.3) is 0 Å². The highest BCUT2D eigenvalue weighted by molar-refractivity contribution is 5.79. The Hall–Kier alpha value is -2.70. The minimum atomic E-state index is -0.437. The van der Waals surface area contributed by atoms with Gasteiger partial charge in [-0.2, -0.15) is 5.10 Å². The summed E-state index contributed by atoms with van der Waals surface area (Å²) in [6.45, 7) is 4.15. The maximum absolute atomic E-state index is 12.4. The van der Waals surface area contributed by atoms with Gasteiger partial charge in [-0.15, -0.1) is 0 Å². The summed E-state index contributed by atoms with van der Waals surface area (Å²) in [6.07, 6.45) is 0.275. The van der Waals surface area contributed by atoms with E-state index in [1.807, 2.05) is 20.9 Å². The monoisotopic (exact) mass is 316 g/mol. The van der Waals surface area contributed by atoms with Crippen LogP contribution < -0.4 is 0 Å². The summed E-state index contributed by atoms with van der Waals surface area (Å²) in [5, 5.41) is 15.1. The zero-order valence-corrected chi connectivity index (χ0v) is 13.7. The molecule has 122 valence electrons. The number of nitrogens with zero attached hydrogens (tertiary/aromatic N) is 4. The van der Waals surface area contributed by atoms with Crippen LogP contribution in [0.4, 0.5) is 5.69 Å². The van der Waals surface area contributed by atoms with Gasteiger partial charge in [0.15, 0.2) is 0 Å². The molecule has 1 amide bonds. The van der Waals surface area contributed by atoms with Gasteiger partial charge in [0.2, 0.25) is 5.91 Å². The van der Waals surface area contributed by atoms with E-state index in [1.54, 1.807) is 28.8 Å². The number of hydrogen-bond donors (Lipinski definition) is 0. The topological polar surface area (TPSA) is 81.3 Å². The third kappa shape index (κ3) is 3.74. The predicted octanol–water partition coefficient (Wildman–Crippen LogP) is 2.15. The third-order valence-corrected chi connectivity index (χ3v) is 3.95. The Labute approximate surface area is 134 Å². The Morgan fingerprint density at radius 1 is 1.39 bits per heavy atom. The molecule has 0 bridgehead atoms.